The Balaban J connectivity index is 2.11. The first-order valence-electron chi connectivity index (χ1n) is 6.16. The van der Waals surface area contributed by atoms with Crippen LogP contribution in [-0.2, 0) is 4.74 Å². The number of amides is 1. The number of esters is 1. The zero-order valence-corrected chi connectivity index (χ0v) is 11.3. The van der Waals surface area contributed by atoms with Gasteiger partial charge in [-0.15, -0.1) is 0 Å². The van der Waals surface area contributed by atoms with E-state index in [4.69, 9.17) is 4.42 Å². The van der Waals surface area contributed by atoms with E-state index in [0.717, 1.165) is 6.26 Å². The summed E-state index contributed by atoms with van der Waals surface area (Å²) < 4.78 is 9.59. The molecule has 7 heteroatoms. The molecule has 2 N–H and O–H groups in total. The summed E-state index contributed by atoms with van der Waals surface area (Å²) in [6.45, 7) is -0.417. The molecule has 1 atom stereocenters. The predicted octanol–water partition coefficient (Wildman–Crippen LogP) is 0.925. The van der Waals surface area contributed by atoms with E-state index in [2.05, 4.69) is 15.0 Å². The number of methoxy groups -OCH3 is 1. The first-order chi connectivity index (χ1) is 10.2. The molecular formula is C14H14N2O5. The van der Waals surface area contributed by atoms with Crippen LogP contribution in [0.4, 0.5) is 0 Å². The fraction of sp³-hybridized carbons (Fsp3) is 0.214. The second-order valence-electron chi connectivity index (χ2n) is 4.14. The van der Waals surface area contributed by atoms with Gasteiger partial charge in [0.1, 0.15) is 12.3 Å². The highest BCUT2D eigenvalue weighted by Gasteiger charge is 2.22. The van der Waals surface area contributed by atoms with Gasteiger partial charge in [0.25, 0.3) is 5.91 Å². The molecule has 1 aromatic carbocycles. The number of oxazole rings is 1. The Morgan fingerprint density at radius 3 is 2.71 bits per heavy atom. The number of hydrogen-bond acceptors (Lipinski definition) is 6. The Morgan fingerprint density at radius 1 is 1.38 bits per heavy atom. The molecule has 110 valence electrons. The van der Waals surface area contributed by atoms with E-state index in [1.165, 1.54) is 7.11 Å². The molecule has 0 aliphatic rings. The van der Waals surface area contributed by atoms with Crippen molar-refractivity contribution in [3.63, 3.8) is 0 Å². The summed E-state index contributed by atoms with van der Waals surface area (Å²) in [5.74, 6) is -1.01. The van der Waals surface area contributed by atoms with Crippen LogP contribution in [0.1, 0.15) is 32.8 Å². The third-order valence-corrected chi connectivity index (χ3v) is 2.74. The lowest BCUT2D eigenvalue weighted by molar-refractivity contribution is 0.0594. The monoisotopic (exact) mass is 290 g/mol. The molecule has 0 aliphatic heterocycles. The number of aromatic nitrogens is 1. The summed E-state index contributed by atoms with van der Waals surface area (Å²) >= 11 is 0. The van der Waals surface area contributed by atoms with Gasteiger partial charge in [0.15, 0.2) is 5.69 Å². The summed E-state index contributed by atoms with van der Waals surface area (Å²) in [6, 6.07) is 7.67. The second-order valence-corrected chi connectivity index (χ2v) is 4.14. The van der Waals surface area contributed by atoms with Crippen molar-refractivity contribution in [2.75, 3.05) is 13.7 Å². The van der Waals surface area contributed by atoms with Crippen LogP contribution in [0.5, 0.6) is 0 Å². The SMILES string of the molecule is COC(=O)c1coc([C@H](CO)NC(=O)c2ccccc2)n1. The highest BCUT2D eigenvalue weighted by Crippen LogP contribution is 2.14. The molecule has 0 bridgehead atoms. The highest BCUT2D eigenvalue weighted by atomic mass is 16.5. The maximum absolute atomic E-state index is 12.0. The van der Waals surface area contributed by atoms with Gasteiger partial charge in [-0.05, 0) is 12.1 Å². The summed E-state index contributed by atoms with van der Waals surface area (Å²) in [6.07, 6.45) is 1.11. The van der Waals surface area contributed by atoms with Crippen molar-refractivity contribution >= 4 is 11.9 Å². The number of carbonyl (C=O) groups excluding carboxylic acids is 2. The number of aliphatic hydroxyl groups excluding tert-OH is 1. The molecule has 2 aromatic rings. The fourth-order valence-corrected chi connectivity index (χ4v) is 1.66. The van der Waals surface area contributed by atoms with Crippen LogP contribution < -0.4 is 5.32 Å². The van der Waals surface area contributed by atoms with Crippen molar-refractivity contribution in [2.24, 2.45) is 0 Å². The first kappa shape index (κ1) is 14.7. The number of benzene rings is 1. The Hall–Kier alpha value is -2.67. The van der Waals surface area contributed by atoms with Crippen LogP contribution in [0, 0.1) is 0 Å². The Labute approximate surface area is 120 Å². The number of carbonyl (C=O) groups is 2. The molecule has 7 nitrogen and oxygen atoms in total. The number of rotatable bonds is 5. The smallest absolute Gasteiger partial charge is 0.360 e. The quantitative estimate of drug-likeness (QED) is 0.794. The summed E-state index contributed by atoms with van der Waals surface area (Å²) in [4.78, 5) is 27.2. The Kier molecular flexibility index (Phi) is 4.68. The molecule has 0 radical (unpaired) electrons. The third-order valence-electron chi connectivity index (χ3n) is 2.74. The summed E-state index contributed by atoms with van der Waals surface area (Å²) in [7, 11) is 1.22. The number of nitrogens with one attached hydrogen (secondary N) is 1. The van der Waals surface area contributed by atoms with Gasteiger partial charge in [-0.3, -0.25) is 4.79 Å². The van der Waals surface area contributed by atoms with Crippen molar-refractivity contribution in [1.29, 1.82) is 0 Å². The fourth-order valence-electron chi connectivity index (χ4n) is 1.66. The lowest BCUT2D eigenvalue weighted by atomic mass is 10.2. The normalized spacial score (nSPS) is 11.7. The van der Waals surface area contributed by atoms with Gasteiger partial charge in [-0.25, -0.2) is 9.78 Å². The van der Waals surface area contributed by atoms with E-state index in [1.54, 1.807) is 30.3 Å². The van der Waals surface area contributed by atoms with Crippen LogP contribution in [-0.4, -0.2) is 35.7 Å². The van der Waals surface area contributed by atoms with Gasteiger partial charge in [0.2, 0.25) is 5.89 Å². The molecule has 0 aliphatic carbocycles. The van der Waals surface area contributed by atoms with Crippen molar-refractivity contribution in [3.05, 3.63) is 53.7 Å². The maximum atomic E-state index is 12.0. The molecule has 0 spiro atoms. The van der Waals surface area contributed by atoms with Gasteiger partial charge in [-0.1, -0.05) is 18.2 Å². The number of ether oxygens (including phenoxy) is 1. The van der Waals surface area contributed by atoms with E-state index in [-0.39, 0.29) is 17.5 Å². The molecule has 0 saturated carbocycles. The molecule has 2 rings (SSSR count). The van der Waals surface area contributed by atoms with Gasteiger partial charge in [0, 0.05) is 5.56 Å². The van der Waals surface area contributed by atoms with E-state index < -0.39 is 18.6 Å². The Bertz CT molecular complexity index is 623. The largest absolute Gasteiger partial charge is 0.464 e. The minimum absolute atomic E-state index is 0.0279. The second kappa shape index (κ2) is 6.67. The van der Waals surface area contributed by atoms with Gasteiger partial charge in [0.05, 0.1) is 13.7 Å². The van der Waals surface area contributed by atoms with Crippen molar-refractivity contribution in [2.45, 2.75) is 6.04 Å². The maximum Gasteiger partial charge on any atom is 0.360 e. The number of nitrogens with zero attached hydrogens (tertiary/aromatic N) is 1. The molecule has 1 amide bonds. The van der Waals surface area contributed by atoms with Crippen LogP contribution >= 0.6 is 0 Å². The molecule has 0 saturated heterocycles. The number of hydrogen-bond donors (Lipinski definition) is 2. The molecule has 0 unspecified atom stereocenters. The summed E-state index contributed by atoms with van der Waals surface area (Å²) in [5.41, 5.74) is 0.413. The van der Waals surface area contributed by atoms with Crippen LogP contribution in [0.2, 0.25) is 0 Å². The standard InChI is InChI=1S/C14H14N2O5/c1-20-14(19)11-8-21-13(16-11)10(7-17)15-12(18)9-5-3-2-4-6-9/h2-6,8,10,17H,7H2,1H3,(H,15,18)/t10-/m0/s1. The molecule has 1 aromatic heterocycles. The average molecular weight is 290 g/mol. The highest BCUT2D eigenvalue weighted by molar-refractivity contribution is 5.94. The predicted molar refractivity (Wildman–Crippen MR) is 71.6 cm³/mol. The third kappa shape index (κ3) is 3.46. The van der Waals surface area contributed by atoms with E-state index in [0.29, 0.717) is 5.56 Å². The van der Waals surface area contributed by atoms with E-state index in [1.807, 2.05) is 0 Å². The van der Waals surface area contributed by atoms with Crippen molar-refractivity contribution in [3.8, 4) is 0 Å². The van der Waals surface area contributed by atoms with E-state index in [9.17, 15) is 14.7 Å². The lowest BCUT2D eigenvalue weighted by Gasteiger charge is -2.12. The molecule has 1 heterocycles. The zero-order valence-electron chi connectivity index (χ0n) is 11.3. The lowest BCUT2D eigenvalue weighted by Crippen LogP contribution is -2.31. The first-order valence-corrected chi connectivity index (χ1v) is 6.16. The molecule has 21 heavy (non-hydrogen) atoms. The average Bonchev–Trinajstić information content (AvgIpc) is 3.02. The van der Waals surface area contributed by atoms with Crippen LogP contribution in [0.15, 0.2) is 41.0 Å². The minimum Gasteiger partial charge on any atom is -0.464 e. The van der Waals surface area contributed by atoms with Gasteiger partial charge in [-0.2, -0.15) is 0 Å². The Morgan fingerprint density at radius 2 is 2.10 bits per heavy atom. The van der Waals surface area contributed by atoms with E-state index >= 15 is 0 Å². The van der Waals surface area contributed by atoms with Crippen molar-refractivity contribution < 1.29 is 23.8 Å². The zero-order chi connectivity index (χ0) is 15.2. The van der Waals surface area contributed by atoms with Crippen molar-refractivity contribution in [1.82, 2.24) is 10.3 Å². The molecule has 0 fully saturated rings. The van der Waals surface area contributed by atoms with Crippen LogP contribution in [0.25, 0.3) is 0 Å². The topological polar surface area (TPSA) is 102 Å². The van der Waals surface area contributed by atoms with Gasteiger partial charge < -0.3 is 19.6 Å². The van der Waals surface area contributed by atoms with Gasteiger partial charge >= 0.3 is 5.97 Å². The minimum atomic E-state index is -0.851. The molecular weight excluding hydrogens is 276 g/mol. The van der Waals surface area contributed by atoms with Crippen LogP contribution in [0.3, 0.4) is 0 Å². The number of aliphatic hydroxyl groups is 1. The summed E-state index contributed by atoms with van der Waals surface area (Å²) in [5, 5.41) is 11.9.